The summed E-state index contributed by atoms with van der Waals surface area (Å²) in [5.41, 5.74) is 1.15. The highest BCUT2D eigenvalue weighted by Crippen LogP contribution is 2.27. The number of benzene rings is 1. The van der Waals surface area contributed by atoms with E-state index < -0.39 is 0 Å². The van der Waals surface area contributed by atoms with Gasteiger partial charge in [0.15, 0.2) is 5.11 Å². The average Bonchev–Trinajstić information content (AvgIpc) is 2.55. The quantitative estimate of drug-likeness (QED) is 0.617. The Labute approximate surface area is 151 Å². The van der Waals surface area contributed by atoms with Gasteiger partial charge in [0, 0.05) is 0 Å². The molecule has 128 valence electrons. The molecule has 0 spiro atoms. The summed E-state index contributed by atoms with van der Waals surface area (Å²) in [4.78, 5) is 1.57. The first kappa shape index (κ1) is 18.4. The third-order valence-corrected chi connectivity index (χ3v) is 4.87. The number of methoxy groups -OCH3 is 1. The Balaban J connectivity index is 1.74. The van der Waals surface area contributed by atoms with Crippen molar-refractivity contribution in [2.45, 2.75) is 13.0 Å². The zero-order valence-corrected chi connectivity index (χ0v) is 16.1. The standard InChI is InChI=1S/C16H24BrN3O2S/c1-12(13-3-4-15(21-2)14(17)11-13)19-16(23)18-5-6-20-7-9-22-10-8-20/h3-4,11-12H,5-10H2,1-2H3,(H2,18,19,23)/p+1/t12-/m0/s1. The minimum atomic E-state index is 0.132. The normalized spacial score (nSPS) is 16.7. The maximum atomic E-state index is 5.39. The molecule has 1 aliphatic rings. The van der Waals surface area contributed by atoms with Crippen molar-refractivity contribution in [3.05, 3.63) is 28.2 Å². The molecule has 0 amide bonds. The molecule has 0 aromatic heterocycles. The Kier molecular flexibility index (Phi) is 7.55. The first-order chi connectivity index (χ1) is 11.1. The van der Waals surface area contributed by atoms with Crippen LogP contribution in [-0.2, 0) is 4.74 Å². The van der Waals surface area contributed by atoms with Crippen molar-refractivity contribution in [1.82, 2.24) is 10.6 Å². The predicted octanol–water partition coefficient (Wildman–Crippen LogP) is 0.898. The van der Waals surface area contributed by atoms with E-state index in [1.165, 1.54) is 0 Å². The van der Waals surface area contributed by atoms with Gasteiger partial charge in [-0.15, -0.1) is 0 Å². The summed E-state index contributed by atoms with van der Waals surface area (Å²) >= 11 is 8.90. The van der Waals surface area contributed by atoms with Crippen LogP contribution in [0, 0.1) is 0 Å². The SMILES string of the molecule is COc1ccc([C@H](C)NC(=S)NCC[NH+]2CCOCC2)cc1Br. The van der Waals surface area contributed by atoms with Crippen LogP contribution in [0.3, 0.4) is 0 Å². The van der Waals surface area contributed by atoms with E-state index in [0.717, 1.165) is 55.2 Å². The van der Waals surface area contributed by atoms with Gasteiger partial charge in [0.1, 0.15) is 18.8 Å². The molecule has 0 aliphatic carbocycles. The fraction of sp³-hybridized carbons (Fsp3) is 0.562. The monoisotopic (exact) mass is 402 g/mol. The number of hydrogen-bond donors (Lipinski definition) is 3. The van der Waals surface area contributed by atoms with Gasteiger partial charge >= 0.3 is 0 Å². The maximum absolute atomic E-state index is 5.39. The molecule has 1 aliphatic heterocycles. The first-order valence-corrected chi connectivity index (χ1v) is 9.09. The van der Waals surface area contributed by atoms with Gasteiger partial charge in [0.25, 0.3) is 0 Å². The highest BCUT2D eigenvalue weighted by Gasteiger charge is 2.14. The first-order valence-electron chi connectivity index (χ1n) is 7.89. The molecule has 1 fully saturated rings. The summed E-state index contributed by atoms with van der Waals surface area (Å²) < 4.78 is 11.6. The highest BCUT2D eigenvalue weighted by atomic mass is 79.9. The van der Waals surface area contributed by atoms with Crippen LogP contribution in [-0.4, -0.2) is 51.6 Å². The molecule has 3 N–H and O–H groups in total. The summed E-state index contributed by atoms with van der Waals surface area (Å²) in [6, 6.07) is 6.18. The highest BCUT2D eigenvalue weighted by molar-refractivity contribution is 9.10. The molecule has 0 bridgehead atoms. The molecule has 0 unspecified atom stereocenters. The predicted molar refractivity (Wildman–Crippen MR) is 99.2 cm³/mol. The van der Waals surface area contributed by atoms with E-state index in [-0.39, 0.29) is 6.04 Å². The lowest BCUT2D eigenvalue weighted by Gasteiger charge is -2.24. The zero-order chi connectivity index (χ0) is 16.7. The van der Waals surface area contributed by atoms with Gasteiger partial charge in [0.2, 0.25) is 0 Å². The van der Waals surface area contributed by atoms with Crippen molar-refractivity contribution in [2.24, 2.45) is 0 Å². The molecular weight excluding hydrogens is 378 g/mol. The Bertz CT molecular complexity index is 524. The molecule has 0 saturated carbocycles. The van der Waals surface area contributed by atoms with Gasteiger partial charge in [-0.05, 0) is 52.8 Å². The Morgan fingerprint density at radius 2 is 2.17 bits per heavy atom. The average molecular weight is 403 g/mol. The van der Waals surface area contributed by atoms with Gasteiger partial charge in [-0.3, -0.25) is 0 Å². The molecule has 1 heterocycles. The molecule has 1 saturated heterocycles. The van der Waals surface area contributed by atoms with E-state index in [1.54, 1.807) is 12.0 Å². The Morgan fingerprint density at radius 3 is 2.83 bits per heavy atom. The number of rotatable bonds is 6. The lowest BCUT2D eigenvalue weighted by atomic mass is 10.1. The summed E-state index contributed by atoms with van der Waals surface area (Å²) in [5, 5.41) is 7.31. The van der Waals surface area contributed by atoms with Crippen LogP contribution < -0.4 is 20.3 Å². The lowest BCUT2D eigenvalue weighted by Crippen LogP contribution is -3.14. The van der Waals surface area contributed by atoms with Crippen LogP contribution in [0.15, 0.2) is 22.7 Å². The number of hydrogen-bond acceptors (Lipinski definition) is 3. The van der Waals surface area contributed by atoms with Gasteiger partial charge in [0.05, 0.1) is 43.9 Å². The maximum Gasteiger partial charge on any atom is 0.166 e. The Morgan fingerprint density at radius 1 is 1.43 bits per heavy atom. The number of nitrogens with one attached hydrogen (secondary N) is 3. The second kappa shape index (κ2) is 9.42. The second-order valence-electron chi connectivity index (χ2n) is 5.63. The van der Waals surface area contributed by atoms with Crippen LogP contribution in [0.1, 0.15) is 18.5 Å². The van der Waals surface area contributed by atoms with E-state index in [9.17, 15) is 0 Å². The van der Waals surface area contributed by atoms with Crippen molar-refractivity contribution in [3.8, 4) is 5.75 Å². The number of ether oxygens (including phenoxy) is 2. The molecule has 1 atom stereocenters. The number of halogens is 1. The smallest absolute Gasteiger partial charge is 0.166 e. The molecule has 0 radical (unpaired) electrons. The third-order valence-electron chi connectivity index (χ3n) is 3.99. The van der Waals surface area contributed by atoms with Crippen LogP contribution in [0.25, 0.3) is 0 Å². The minimum Gasteiger partial charge on any atom is -0.496 e. The molecular formula is C16H25BrN3O2S+. The van der Waals surface area contributed by atoms with E-state index in [2.05, 4.69) is 39.6 Å². The van der Waals surface area contributed by atoms with Crippen LogP contribution in [0.4, 0.5) is 0 Å². The molecule has 5 nitrogen and oxygen atoms in total. The Hall–Kier alpha value is -0.890. The van der Waals surface area contributed by atoms with Crippen molar-refractivity contribution in [1.29, 1.82) is 0 Å². The van der Waals surface area contributed by atoms with Gasteiger partial charge in [-0.2, -0.15) is 0 Å². The third kappa shape index (κ3) is 5.91. The van der Waals surface area contributed by atoms with Gasteiger partial charge in [-0.1, -0.05) is 6.07 Å². The summed E-state index contributed by atoms with van der Waals surface area (Å²) in [5.74, 6) is 0.829. The number of thiocarbonyl (C=S) groups is 1. The van der Waals surface area contributed by atoms with E-state index in [4.69, 9.17) is 21.7 Å². The molecule has 23 heavy (non-hydrogen) atoms. The lowest BCUT2D eigenvalue weighted by molar-refractivity contribution is -0.906. The summed E-state index contributed by atoms with van der Waals surface area (Å²) in [6.07, 6.45) is 0. The summed E-state index contributed by atoms with van der Waals surface area (Å²) in [6.45, 7) is 7.92. The fourth-order valence-corrected chi connectivity index (χ4v) is 3.38. The summed E-state index contributed by atoms with van der Waals surface area (Å²) in [7, 11) is 1.66. The fourth-order valence-electron chi connectivity index (χ4n) is 2.55. The topological polar surface area (TPSA) is 47.0 Å². The molecule has 7 heteroatoms. The molecule has 1 aromatic rings. The van der Waals surface area contributed by atoms with Crippen molar-refractivity contribution in [2.75, 3.05) is 46.5 Å². The van der Waals surface area contributed by atoms with Gasteiger partial charge < -0.3 is 25.0 Å². The van der Waals surface area contributed by atoms with Crippen LogP contribution in [0.5, 0.6) is 5.75 Å². The second-order valence-corrected chi connectivity index (χ2v) is 6.89. The van der Waals surface area contributed by atoms with Crippen LogP contribution in [0.2, 0.25) is 0 Å². The van der Waals surface area contributed by atoms with Crippen molar-refractivity contribution in [3.63, 3.8) is 0 Å². The van der Waals surface area contributed by atoms with Crippen molar-refractivity contribution >= 4 is 33.3 Å². The van der Waals surface area contributed by atoms with Crippen molar-refractivity contribution < 1.29 is 14.4 Å². The van der Waals surface area contributed by atoms with E-state index in [0.29, 0.717) is 5.11 Å². The molecule has 1 aromatic carbocycles. The largest absolute Gasteiger partial charge is 0.496 e. The zero-order valence-electron chi connectivity index (χ0n) is 13.7. The number of quaternary nitrogens is 1. The minimum absolute atomic E-state index is 0.132. The van der Waals surface area contributed by atoms with Gasteiger partial charge in [-0.25, -0.2) is 0 Å². The van der Waals surface area contributed by atoms with E-state index in [1.807, 2.05) is 12.1 Å². The number of morpholine rings is 1. The molecule has 2 rings (SSSR count). The van der Waals surface area contributed by atoms with E-state index >= 15 is 0 Å². The van der Waals surface area contributed by atoms with Crippen LogP contribution >= 0.6 is 28.1 Å².